The predicted molar refractivity (Wildman–Crippen MR) is 70.6 cm³/mol. The summed E-state index contributed by atoms with van der Waals surface area (Å²) < 4.78 is 5.01. The van der Waals surface area contributed by atoms with Crippen LogP contribution in [0.3, 0.4) is 0 Å². The quantitative estimate of drug-likeness (QED) is 0.828. The van der Waals surface area contributed by atoms with Crippen LogP contribution in [0.5, 0.6) is 0 Å². The van der Waals surface area contributed by atoms with E-state index < -0.39 is 0 Å². The molecule has 0 saturated carbocycles. The van der Waals surface area contributed by atoms with Crippen LogP contribution in [0.15, 0.2) is 24.3 Å². The topological polar surface area (TPSA) is 91.1 Å². The molecule has 0 aliphatic heterocycles. The van der Waals surface area contributed by atoms with Gasteiger partial charge in [0, 0.05) is 12.5 Å². The van der Waals surface area contributed by atoms with E-state index in [9.17, 15) is 5.11 Å². The number of fused-ring (bicyclic) bond motifs is 1. The Kier molecular flexibility index (Phi) is 4.23. The van der Waals surface area contributed by atoms with Crippen LogP contribution in [0.25, 0.3) is 10.9 Å². The van der Waals surface area contributed by atoms with E-state index in [0.29, 0.717) is 17.8 Å². The lowest BCUT2D eigenvalue weighted by atomic mass is 10.1. The smallest absolute Gasteiger partial charge is 0.186 e. The minimum Gasteiger partial charge on any atom is -0.394 e. The van der Waals surface area contributed by atoms with Crippen molar-refractivity contribution in [2.24, 2.45) is 0 Å². The van der Waals surface area contributed by atoms with Gasteiger partial charge in [0.05, 0.1) is 30.5 Å². The molecule has 6 heteroatoms. The Morgan fingerprint density at radius 3 is 2.89 bits per heavy atom. The normalized spacial score (nSPS) is 12.1. The van der Waals surface area contributed by atoms with E-state index in [1.165, 1.54) is 0 Å². The Morgan fingerprint density at radius 1 is 1.42 bits per heavy atom. The Bertz CT molecular complexity index is 609. The highest BCUT2D eigenvalue weighted by molar-refractivity contribution is 5.92. The average Bonchev–Trinajstić information content (AvgIpc) is 2.46. The minimum absolute atomic E-state index is 0.102. The highest BCUT2D eigenvalue weighted by Crippen LogP contribution is 2.24. The molecule has 6 nitrogen and oxygen atoms in total. The molecule has 2 N–H and O–H groups in total. The first-order valence-corrected chi connectivity index (χ1v) is 5.82. The number of ether oxygens (including phenoxy) is 1. The summed E-state index contributed by atoms with van der Waals surface area (Å²) >= 11 is 0. The van der Waals surface area contributed by atoms with Crippen LogP contribution in [-0.2, 0) is 4.74 Å². The van der Waals surface area contributed by atoms with Crippen LogP contribution in [0.4, 0.5) is 5.69 Å². The SMILES string of the molecule is COCC(CO)Nc1c(C#N)nnc2ccccc12. The second kappa shape index (κ2) is 6.09. The molecule has 1 aromatic heterocycles. The minimum atomic E-state index is -0.301. The molecule has 2 rings (SSSR count). The van der Waals surface area contributed by atoms with E-state index in [1.54, 1.807) is 7.11 Å². The van der Waals surface area contributed by atoms with Crippen LogP contribution in [0.2, 0.25) is 0 Å². The summed E-state index contributed by atoms with van der Waals surface area (Å²) in [5.74, 6) is 0. The first kappa shape index (κ1) is 13.2. The van der Waals surface area contributed by atoms with Crippen LogP contribution >= 0.6 is 0 Å². The lowest BCUT2D eigenvalue weighted by molar-refractivity contribution is 0.153. The van der Waals surface area contributed by atoms with Crippen molar-refractivity contribution in [3.8, 4) is 6.07 Å². The number of benzene rings is 1. The summed E-state index contributed by atoms with van der Waals surface area (Å²) in [5.41, 5.74) is 1.47. The number of hydrogen-bond donors (Lipinski definition) is 2. The number of aliphatic hydroxyl groups is 1. The van der Waals surface area contributed by atoms with Crippen LogP contribution in [0.1, 0.15) is 5.69 Å². The number of methoxy groups -OCH3 is 1. The van der Waals surface area contributed by atoms with Crippen molar-refractivity contribution in [1.29, 1.82) is 5.26 Å². The van der Waals surface area contributed by atoms with Gasteiger partial charge in [-0.2, -0.15) is 5.26 Å². The van der Waals surface area contributed by atoms with E-state index in [0.717, 1.165) is 5.39 Å². The van der Waals surface area contributed by atoms with Crippen LogP contribution in [0, 0.1) is 11.3 Å². The van der Waals surface area contributed by atoms with Gasteiger partial charge in [0.25, 0.3) is 0 Å². The molecule has 0 radical (unpaired) electrons. The van der Waals surface area contributed by atoms with Gasteiger partial charge in [-0.05, 0) is 6.07 Å². The lowest BCUT2D eigenvalue weighted by Gasteiger charge is -2.18. The van der Waals surface area contributed by atoms with E-state index in [-0.39, 0.29) is 18.3 Å². The van der Waals surface area contributed by atoms with E-state index >= 15 is 0 Å². The monoisotopic (exact) mass is 258 g/mol. The molecule has 0 saturated heterocycles. The Balaban J connectivity index is 2.47. The molecule has 0 spiro atoms. The van der Waals surface area contributed by atoms with Gasteiger partial charge < -0.3 is 15.2 Å². The molecule has 0 amide bonds. The molecule has 0 aliphatic carbocycles. The molecule has 19 heavy (non-hydrogen) atoms. The number of aliphatic hydroxyl groups excluding tert-OH is 1. The van der Waals surface area contributed by atoms with Gasteiger partial charge in [-0.15, -0.1) is 10.2 Å². The molecule has 0 aliphatic rings. The third-order valence-corrected chi connectivity index (χ3v) is 2.71. The molecular weight excluding hydrogens is 244 g/mol. The zero-order valence-corrected chi connectivity index (χ0v) is 10.5. The van der Waals surface area contributed by atoms with Gasteiger partial charge in [-0.25, -0.2) is 0 Å². The van der Waals surface area contributed by atoms with E-state index in [1.807, 2.05) is 30.3 Å². The fourth-order valence-electron chi connectivity index (χ4n) is 1.82. The van der Waals surface area contributed by atoms with Crippen LogP contribution in [-0.4, -0.2) is 41.7 Å². The molecule has 1 aromatic carbocycles. The molecule has 98 valence electrons. The molecule has 1 unspecified atom stereocenters. The van der Waals surface area contributed by atoms with Gasteiger partial charge in [0.2, 0.25) is 0 Å². The fourth-order valence-corrected chi connectivity index (χ4v) is 1.82. The maximum atomic E-state index is 9.29. The van der Waals surface area contributed by atoms with Crippen LogP contribution < -0.4 is 5.32 Å². The second-order valence-electron chi connectivity index (χ2n) is 4.03. The summed E-state index contributed by atoms with van der Waals surface area (Å²) in [4.78, 5) is 0. The highest BCUT2D eigenvalue weighted by atomic mass is 16.5. The number of hydrogen-bond acceptors (Lipinski definition) is 6. The fraction of sp³-hybridized carbons (Fsp3) is 0.308. The first-order chi connectivity index (χ1) is 9.30. The van der Waals surface area contributed by atoms with Gasteiger partial charge in [-0.1, -0.05) is 18.2 Å². The summed E-state index contributed by atoms with van der Waals surface area (Å²) in [6.45, 7) is 0.230. The van der Waals surface area contributed by atoms with Gasteiger partial charge in [-0.3, -0.25) is 0 Å². The number of nitrogens with one attached hydrogen (secondary N) is 1. The van der Waals surface area contributed by atoms with Crippen molar-refractivity contribution in [3.05, 3.63) is 30.0 Å². The van der Waals surface area contributed by atoms with Crippen molar-refractivity contribution in [2.45, 2.75) is 6.04 Å². The Hall–Kier alpha value is -2.23. The van der Waals surface area contributed by atoms with Gasteiger partial charge in [0.15, 0.2) is 5.69 Å². The average molecular weight is 258 g/mol. The standard InChI is InChI=1S/C13H14N4O2/c1-19-8-9(7-18)15-13-10-4-2-3-5-11(10)16-17-12(13)6-14/h2-5,9,18H,7-8H2,1H3,(H,15,16). The Morgan fingerprint density at radius 2 is 2.21 bits per heavy atom. The largest absolute Gasteiger partial charge is 0.394 e. The molecule has 1 atom stereocenters. The first-order valence-electron chi connectivity index (χ1n) is 5.82. The van der Waals surface area contributed by atoms with Crippen molar-refractivity contribution >= 4 is 16.6 Å². The van der Waals surface area contributed by atoms with E-state index in [4.69, 9.17) is 10.00 Å². The Labute approximate surface area is 110 Å². The van der Waals surface area contributed by atoms with Crippen molar-refractivity contribution in [2.75, 3.05) is 25.6 Å². The zero-order valence-electron chi connectivity index (χ0n) is 10.5. The third-order valence-electron chi connectivity index (χ3n) is 2.71. The van der Waals surface area contributed by atoms with Gasteiger partial charge >= 0.3 is 0 Å². The molecule has 0 bridgehead atoms. The van der Waals surface area contributed by atoms with Gasteiger partial charge in [0.1, 0.15) is 6.07 Å². The molecule has 0 fully saturated rings. The molecule has 1 heterocycles. The third kappa shape index (κ3) is 2.78. The maximum Gasteiger partial charge on any atom is 0.186 e. The molecular formula is C13H14N4O2. The zero-order chi connectivity index (χ0) is 13.7. The summed E-state index contributed by atoms with van der Waals surface area (Å²) in [5, 5.41) is 30.1. The summed E-state index contributed by atoms with van der Waals surface area (Å²) in [6, 6.07) is 9.09. The van der Waals surface area contributed by atoms with Crippen molar-refractivity contribution in [3.63, 3.8) is 0 Å². The number of nitrogens with zero attached hydrogens (tertiary/aromatic N) is 3. The number of aromatic nitrogens is 2. The summed E-state index contributed by atoms with van der Waals surface area (Å²) in [6.07, 6.45) is 0. The maximum absolute atomic E-state index is 9.29. The predicted octanol–water partition coefficient (Wildman–Crippen LogP) is 0.921. The highest BCUT2D eigenvalue weighted by Gasteiger charge is 2.14. The summed E-state index contributed by atoms with van der Waals surface area (Å²) in [7, 11) is 1.55. The van der Waals surface area contributed by atoms with E-state index in [2.05, 4.69) is 15.5 Å². The van der Waals surface area contributed by atoms with Crippen molar-refractivity contribution in [1.82, 2.24) is 10.2 Å². The molecule has 2 aromatic rings. The lowest BCUT2D eigenvalue weighted by Crippen LogP contribution is -2.29. The second-order valence-corrected chi connectivity index (χ2v) is 4.03. The number of nitriles is 1. The number of anilines is 1. The number of rotatable bonds is 5. The van der Waals surface area contributed by atoms with Crippen molar-refractivity contribution < 1.29 is 9.84 Å².